The van der Waals surface area contributed by atoms with Crippen LogP contribution in [0, 0.1) is 13.8 Å². The predicted molar refractivity (Wildman–Crippen MR) is 99.2 cm³/mol. The van der Waals surface area contributed by atoms with E-state index in [4.69, 9.17) is 0 Å². The molecule has 0 radical (unpaired) electrons. The highest BCUT2D eigenvalue weighted by Crippen LogP contribution is 2.35. The molecule has 2 fully saturated rings. The second kappa shape index (κ2) is 6.05. The molecule has 4 rings (SSSR count). The molecular weight excluding hydrogens is 352 g/mol. The van der Waals surface area contributed by atoms with Crippen molar-refractivity contribution < 1.29 is 14.4 Å². The largest absolute Gasteiger partial charge is 0.325 e. The normalized spacial score (nSPS) is 18.8. The van der Waals surface area contributed by atoms with Gasteiger partial charge in [0.15, 0.2) is 5.13 Å². The molecule has 0 bridgehead atoms. The Morgan fingerprint density at radius 3 is 2.65 bits per heavy atom. The molecule has 2 N–H and O–H groups in total. The second-order valence-electron chi connectivity index (χ2n) is 7.05. The van der Waals surface area contributed by atoms with E-state index in [0.29, 0.717) is 18.0 Å². The number of nitrogens with one attached hydrogen (secondary N) is 2. The van der Waals surface area contributed by atoms with Crippen LogP contribution in [0.3, 0.4) is 0 Å². The molecule has 2 aromatic rings. The fraction of sp³-hybridized carbons (Fsp3) is 0.444. The number of aromatic nitrogens is 1. The average Bonchev–Trinajstić information content (AvgIpc) is 3.28. The number of nitrogens with zero attached hydrogens (tertiary/aromatic N) is 2. The molecule has 0 unspecified atom stereocenters. The molecular formula is C18H20N4O3S. The van der Waals surface area contributed by atoms with Gasteiger partial charge in [-0.15, -0.1) is 0 Å². The zero-order chi connectivity index (χ0) is 18.5. The smallest absolute Gasteiger partial charge is 0.323 e. The van der Waals surface area contributed by atoms with Crippen LogP contribution in [0.2, 0.25) is 0 Å². The van der Waals surface area contributed by atoms with Gasteiger partial charge in [0.05, 0.1) is 10.2 Å². The summed E-state index contributed by atoms with van der Waals surface area (Å²) < 4.78 is 1.03. The Morgan fingerprint density at radius 1 is 1.27 bits per heavy atom. The minimum atomic E-state index is -0.790. The van der Waals surface area contributed by atoms with Gasteiger partial charge in [0, 0.05) is 0 Å². The van der Waals surface area contributed by atoms with Crippen LogP contribution in [0.4, 0.5) is 9.93 Å². The number of carbonyl (C=O) groups is 3. The summed E-state index contributed by atoms with van der Waals surface area (Å²) in [6, 6.07) is 3.54. The van der Waals surface area contributed by atoms with E-state index in [9.17, 15) is 14.4 Å². The molecule has 4 amide bonds. The fourth-order valence-electron chi connectivity index (χ4n) is 3.75. The summed E-state index contributed by atoms with van der Waals surface area (Å²) in [6.45, 7) is 3.68. The Hall–Kier alpha value is -2.48. The number of carbonyl (C=O) groups excluding carboxylic acids is 3. The van der Waals surface area contributed by atoms with Crippen molar-refractivity contribution in [3.05, 3.63) is 23.3 Å². The predicted octanol–water partition coefficient (Wildman–Crippen LogP) is 2.72. The number of anilines is 1. The Labute approximate surface area is 154 Å². The van der Waals surface area contributed by atoms with Gasteiger partial charge in [-0.05, 0) is 37.8 Å². The fourth-order valence-corrected chi connectivity index (χ4v) is 4.78. The van der Waals surface area contributed by atoms with Crippen molar-refractivity contribution >= 4 is 44.5 Å². The summed E-state index contributed by atoms with van der Waals surface area (Å²) >= 11 is 1.40. The van der Waals surface area contributed by atoms with Crippen molar-refractivity contribution in [2.45, 2.75) is 45.1 Å². The summed E-state index contributed by atoms with van der Waals surface area (Å²) in [4.78, 5) is 42.7. The van der Waals surface area contributed by atoms with E-state index < -0.39 is 17.5 Å². The van der Waals surface area contributed by atoms with Crippen molar-refractivity contribution in [3.8, 4) is 0 Å². The molecule has 1 saturated heterocycles. The van der Waals surface area contributed by atoms with E-state index >= 15 is 0 Å². The minimum Gasteiger partial charge on any atom is -0.323 e. The van der Waals surface area contributed by atoms with E-state index in [1.54, 1.807) is 0 Å². The van der Waals surface area contributed by atoms with Crippen molar-refractivity contribution in [1.29, 1.82) is 0 Å². The maximum atomic E-state index is 12.6. The monoisotopic (exact) mass is 372 g/mol. The molecule has 1 aromatic heterocycles. The van der Waals surface area contributed by atoms with Crippen molar-refractivity contribution in [1.82, 2.24) is 15.2 Å². The van der Waals surface area contributed by atoms with Crippen molar-refractivity contribution in [2.24, 2.45) is 0 Å². The van der Waals surface area contributed by atoms with Gasteiger partial charge in [0.2, 0.25) is 5.91 Å². The number of fused-ring (bicyclic) bond motifs is 1. The molecule has 1 saturated carbocycles. The number of benzene rings is 1. The van der Waals surface area contributed by atoms with Gasteiger partial charge in [0.1, 0.15) is 12.1 Å². The number of aryl methyl sites for hydroxylation is 2. The molecule has 26 heavy (non-hydrogen) atoms. The molecule has 1 aromatic carbocycles. The number of amides is 4. The van der Waals surface area contributed by atoms with Crippen LogP contribution in [0.25, 0.3) is 10.2 Å². The van der Waals surface area contributed by atoms with Crippen LogP contribution in [0.15, 0.2) is 12.1 Å². The maximum Gasteiger partial charge on any atom is 0.325 e. The molecule has 2 heterocycles. The quantitative estimate of drug-likeness (QED) is 0.811. The third-order valence-corrected chi connectivity index (χ3v) is 6.30. The second-order valence-corrected chi connectivity index (χ2v) is 8.05. The third kappa shape index (κ3) is 2.65. The van der Waals surface area contributed by atoms with Crippen LogP contribution in [-0.2, 0) is 9.59 Å². The third-order valence-electron chi connectivity index (χ3n) is 5.19. The summed E-state index contributed by atoms with van der Waals surface area (Å²) in [7, 11) is 0. The summed E-state index contributed by atoms with van der Waals surface area (Å²) in [5.41, 5.74) is 2.22. The first-order valence-corrected chi connectivity index (χ1v) is 9.52. The van der Waals surface area contributed by atoms with Crippen LogP contribution in [0.1, 0.15) is 36.8 Å². The van der Waals surface area contributed by atoms with Gasteiger partial charge in [-0.2, -0.15) is 0 Å². The first-order chi connectivity index (χ1) is 12.4. The summed E-state index contributed by atoms with van der Waals surface area (Å²) in [5, 5.41) is 5.98. The lowest BCUT2D eigenvalue weighted by molar-refractivity contribution is -0.133. The molecule has 7 nitrogen and oxygen atoms in total. The lowest BCUT2D eigenvalue weighted by Crippen LogP contribution is -2.44. The minimum absolute atomic E-state index is 0.286. The first kappa shape index (κ1) is 17.0. The average molecular weight is 372 g/mol. The molecule has 0 atom stereocenters. The number of thiazole rings is 1. The highest BCUT2D eigenvalue weighted by atomic mass is 32.1. The van der Waals surface area contributed by atoms with Gasteiger partial charge in [0.25, 0.3) is 5.91 Å². The Morgan fingerprint density at radius 2 is 1.96 bits per heavy atom. The SMILES string of the molecule is Cc1ccc(C)c2sc(NC(=O)CN3C(=O)NC4(CCCC4)C3=O)nc12. The lowest BCUT2D eigenvalue weighted by atomic mass is 9.98. The van der Waals surface area contributed by atoms with E-state index in [2.05, 4.69) is 15.6 Å². The standard InChI is InChI=1S/C18H20N4O3S/c1-10-5-6-11(2)14-13(10)20-16(26-14)19-12(23)9-22-15(24)18(21-17(22)25)7-3-4-8-18/h5-6H,3-4,7-9H2,1-2H3,(H,21,25)(H,19,20,23). The summed E-state index contributed by atoms with van der Waals surface area (Å²) in [5.74, 6) is -0.705. The Kier molecular flexibility index (Phi) is 3.95. The Balaban J connectivity index is 1.49. The molecule has 1 aliphatic carbocycles. The van der Waals surface area contributed by atoms with Crippen LogP contribution in [-0.4, -0.2) is 39.8 Å². The molecule has 8 heteroatoms. The first-order valence-electron chi connectivity index (χ1n) is 8.70. The van der Waals surface area contributed by atoms with Crippen LogP contribution in [0.5, 0.6) is 0 Å². The van der Waals surface area contributed by atoms with E-state index in [0.717, 1.165) is 39.1 Å². The maximum absolute atomic E-state index is 12.6. The van der Waals surface area contributed by atoms with Crippen molar-refractivity contribution in [2.75, 3.05) is 11.9 Å². The number of imide groups is 1. The Bertz CT molecular complexity index is 891. The molecule has 1 spiro atoms. The van der Waals surface area contributed by atoms with Gasteiger partial charge in [-0.3, -0.25) is 14.5 Å². The number of rotatable bonds is 3. The van der Waals surface area contributed by atoms with Gasteiger partial charge in [-0.1, -0.05) is 36.3 Å². The highest BCUT2D eigenvalue weighted by Gasteiger charge is 2.52. The number of hydrogen-bond donors (Lipinski definition) is 2. The van der Waals surface area contributed by atoms with E-state index in [1.165, 1.54) is 11.3 Å². The van der Waals surface area contributed by atoms with Gasteiger partial charge >= 0.3 is 6.03 Å². The molecule has 136 valence electrons. The van der Waals surface area contributed by atoms with Crippen LogP contribution >= 0.6 is 11.3 Å². The molecule has 1 aliphatic heterocycles. The molecule has 2 aliphatic rings. The van der Waals surface area contributed by atoms with E-state index in [1.807, 2.05) is 26.0 Å². The number of urea groups is 1. The topological polar surface area (TPSA) is 91.4 Å². The summed E-state index contributed by atoms with van der Waals surface area (Å²) in [6.07, 6.45) is 3.12. The van der Waals surface area contributed by atoms with Gasteiger partial charge in [-0.25, -0.2) is 9.78 Å². The zero-order valence-corrected chi connectivity index (χ0v) is 15.5. The number of hydrogen-bond acceptors (Lipinski definition) is 5. The van der Waals surface area contributed by atoms with Crippen LogP contribution < -0.4 is 10.6 Å². The highest BCUT2D eigenvalue weighted by molar-refractivity contribution is 7.22. The van der Waals surface area contributed by atoms with E-state index in [-0.39, 0.29) is 12.5 Å². The van der Waals surface area contributed by atoms with Gasteiger partial charge < -0.3 is 10.6 Å². The van der Waals surface area contributed by atoms with Crippen molar-refractivity contribution in [3.63, 3.8) is 0 Å². The zero-order valence-electron chi connectivity index (χ0n) is 14.7. The lowest BCUT2D eigenvalue weighted by Gasteiger charge is -2.19.